The standard InChI is InChI=1S/C20H28N2O4/c23-17-8-6-15(18(24)10-17)11-21-20(26)16-7-9-19(25)22(13-16)12-14-4-2-1-3-5-14/h6,8,10,14,16,23-24H,1-5,7,9,11-13H2,(H,21,26). The molecule has 1 aliphatic heterocycles. The van der Waals surface area contributed by atoms with E-state index in [0.717, 1.165) is 6.54 Å². The maximum atomic E-state index is 12.5. The predicted molar refractivity (Wildman–Crippen MR) is 97.5 cm³/mol. The highest BCUT2D eigenvalue weighted by Crippen LogP contribution is 2.27. The van der Waals surface area contributed by atoms with Crippen molar-refractivity contribution in [1.82, 2.24) is 10.2 Å². The topological polar surface area (TPSA) is 89.9 Å². The minimum absolute atomic E-state index is 0.0123. The minimum atomic E-state index is -0.199. The zero-order valence-corrected chi connectivity index (χ0v) is 15.1. The smallest absolute Gasteiger partial charge is 0.225 e. The van der Waals surface area contributed by atoms with Crippen LogP contribution < -0.4 is 5.32 Å². The van der Waals surface area contributed by atoms with Gasteiger partial charge in [0.25, 0.3) is 0 Å². The molecule has 2 fully saturated rings. The molecule has 1 aliphatic carbocycles. The fourth-order valence-electron chi connectivity index (χ4n) is 4.02. The molecule has 0 radical (unpaired) electrons. The van der Waals surface area contributed by atoms with Gasteiger partial charge in [0.15, 0.2) is 0 Å². The van der Waals surface area contributed by atoms with E-state index in [1.54, 1.807) is 6.07 Å². The molecule has 1 unspecified atom stereocenters. The predicted octanol–water partition coefficient (Wildman–Crippen LogP) is 2.53. The average Bonchev–Trinajstić information content (AvgIpc) is 2.63. The van der Waals surface area contributed by atoms with Gasteiger partial charge in [0, 0.05) is 37.7 Å². The third kappa shape index (κ3) is 4.68. The van der Waals surface area contributed by atoms with Crippen molar-refractivity contribution in [3.05, 3.63) is 23.8 Å². The molecule has 6 heteroatoms. The maximum Gasteiger partial charge on any atom is 0.225 e. The van der Waals surface area contributed by atoms with E-state index < -0.39 is 0 Å². The number of nitrogens with zero attached hydrogens (tertiary/aromatic N) is 1. The summed E-state index contributed by atoms with van der Waals surface area (Å²) in [6.07, 6.45) is 7.14. The van der Waals surface area contributed by atoms with Crippen LogP contribution in [0.3, 0.4) is 0 Å². The number of amides is 2. The normalized spacial score (nSPS) is 21.6. The molecule has 0 bridgehead atoms. The molecule has 1 heterocycles. The molecular weight excluding hydrogens is 332 g/mol. The second kappa shape index (κ2) is 8.43. The van der Waals surface area contributed by atoms with E-state index in [1.807, 2.05) is 4.90 Å². The molecule has 6 nitrogen and oxygen atoms in total. The van der Waals surface area contributed by atoms with E-state index in [4.69, 9.17) is 0 Å². The zero-order chi connectivity index (χ0) is 18.5. The van der Waals surface area contributed by atoms with Crippen LogP contribution in [0.5, 0.6) is 11.5 Å². The van der Waals surface area contributed by atoms with Crippen LogP contribution in [-0.4, -0.2) is 40.0 Å². The van der Waals surface area contributed by atoms with Gasteiger partial charge < -0.3 is 20.4 Å². The van der Waals surface area contributed by atoms with Gasteiger partial charge in [-0.25, -0.2) is 0 Å². The highest BCUT2D eigenvalue weighted by Gasteiger charge is 2.31. The second-order valence-electron chi connectivity index (χ2n) is 7.57. The van der Waals surface area contributed by atoms with E-state index in [2.05, 4.69) is 5.32 Å². The molecule has 0 spiro atoms. The fraction of sp³-hybridized carbons (Fsp3) is 0.600. The molecule has 1 aromatic rings. The second-order valence-corrected chi connectivity index (χ2v) is 7.57. The summed E-state index contributed by atoms with van der Waals surface area (Å²) in [4.78, 5) is 26.6. The highest BCUT2D eigenvalue weighted by atomic mass is 16.3. The maximum absolute atomic E-state index is 12.5. The summed E-state index contributed by atoms with van der Waals surface area (Å²) in [7, 11) is 0. The number of carbonyl (C=O) groups is 2. The van der Waals surface area contributed by atoms with Gasteiger partial charge in [0.1, 0.15) is 11.5 Å². The first-order valence-corrected chi connectivity index (χ1v) is 9.59. The molecule has 3 rings (SSSR count). The van der Waals surface area contributed by atoms with Gasteiger partial charge in [-0.15, -0.1) is 0 Å². The summed E-state index contributed by atoms with van der Waals surface area (Å²) >= 11 is 0. The van der Waals surface area contributed by atoms with Gasteiger partial charge in [-0.2, -0.15) is 0 Å². The Hall–Kier alpha value is -2.24. The van der Waals surface area contributed by atoms with E-state index in [9.17, 15) is 19.8 Å². The van der Waals surface area contributed by atoms with Crippen molar-refractivity contribution in [2.75, 3.05) is 13.1 Å². The van der Waals surface area contributed by atoms with E-state index in [1.165, 1.54) is 44.2 Å². The monoisotopic (exact) mass is 360 g/mol. The minimum Gasteiger partial charge on any atom is -0.508 e. The summed E-state index contributed by atoms with van der Waals surface area (Å²) in [5, 5.41) is 22.0. The fourth-order valence-corrected chi connectivity index (χ4v) is 4.02. The van der Waals surface area contributed by atoms with Gasteiger partial charge in [-0.05, 0) is 37.3 Å². The average molecular weight is 360 g/mol. The van der Waals surface area contributed by atoms with Crippen molar-refractivity contribution in [1.29, 1.82) is 0 Å². The van der Waals surface area contributed by atoms with Gasteiger partial charge in [0.2, 0.25) is 11.8 Å². The highest BCUT2D eigenvalue weighted by molar-refractivity contribution is 5.83. The van der Waals surface area contributed by atoms with Crippen molar-refractivity contribution < 1.29 is 19.8 Å². The summed E-state index contributed by atoms with van der Waals surface area (Å²) in [6.45, 7) is 1.47. The van der Waals surface area contributed by atoms with E-state index in [-0.39, 0.29) is 35.8 Å². The van der Waals surface area contributed by atoms with Gasteiger partial charge >= 0.3 is 0 Å². The molecule has 1 saturated heterocycles. The van der Waals surface area contributed by atoms with Gasteiger partial charge in [-0.3, -0.25) is 9.59 Å². The lowest BCUT2D eigenvalue weighted by Crippen LogP contribution is -2.47. The molecule has 26 heavy (non-hydrogen) atoms. The number of phenolic OH excluding ortho intramolecular Hbond substituents is 2. The van der Waals surface area contributed by atoms with Crippen molar-refractivity contribution in [2.45, 2.75) is 51.5 Å². The van der Waals surface area contributed by atoms with Crippen LogP contribution in [0.4, 0.5) is 0 Å². The third-order valence-electron chi connectivity index (χ3n) is 5.60. The largest absolute Gasteiger partial charge is 0.508 e. The number of carbonyl (C=O) groups excluding carboxylic acids is 2. The van der Waals surface area contributed by atoms with Crippen LogP contribution in [0.15, 0.2) is 18.2 Å². The lowest BCUT2D eigenvalue weighted by Gasteiger charge is -2.35. The Morgan fingerprint density at radius 2 is 1.92 bits per heavy atom. The molecule has 2 aliphatic rings. The molecule has 3 N–H and O–H groups in total. The Morgan fingerprint density at radius 3 is 2.65 bits per heavy atom. The van der Waals surface area contributed by atoms with Crippen LogP contribution in [0.2, 0.25) is 0 Å². The number of nitrogens with one attached hydrogen (secondary N) is 1. The molecule has 0 aromatic heterocycles. The first kappa shape index (κ1) is 18.5. The summed E-state index contributed by atoms with van der Waals surface area (Å²) in [5.74, 6) is 0.401. The Balaban J connectivity index is 1.52. The van der Waals surface area contributed by atoms with Crippen LogP contribution in [-0.2, 0) is 16.1 Å². The Labute approximate surface area is 154 Å². The SMILES string of the molecule is O=C(NCc1ccc(O)cc1O)C1CCC(=O)N(CC2CCCCC2)C1. The summed E-state index contributed by atoms with van der Waals surface area (Å²) in [5.41, 5.74) is 0.557. The van der Waals surface area contributed by atoms with Crippen molar-refractivity contribution in [2.24, 2.45) is 11.8 Å². The number of phenols is 2. The number of aromatic hydroxyl groups is 2. The van der Waals surface area contributed by atoms with Crippen molar-refractivity contribution in [3.8, 4) is 11.5 Å². The lowest BCUT2D eigenvalue weighted by atomic mass is 9.87. The Morgan fingerprint density at radius 1 is 1.15 bits per heavy atom. The van der Waals surface area contributed by atoms with Crippen LogP contribution in [0.1, 0.15) is 50.5 Å². The lowest BCUT2D eigenvalue weighted by molar-refractivity contribution is -0.139. The number of piperidine rings is 1. The molecule has 1 atom stereocenters. The van der Waals surface area contributed by atoms with Crippen molar-refractivity contribution in [3.63, 3.8) is 0 Å². The molecule has 1 saturated carbocycles. The number of benzene rings is 1. The van der Waals surface area contributed by atoms with Gasteiger partial charge in [-0.1, -0.05) is 19.3 Å². The summed E-state index contributed by atoms with van der Waals surface area (Å²) < 4.78 is 0. The quantitative estimate of drug-likeness (QED) is 0.753. The van der Waals surface area contributed by atoms with Crippen LogP contribution in [0, 0.1) is 11.8 Å². The van der Waals surface area contributed by atoms with Crippen molar-refractivity contribution >= 4 is 11.8 Å². The Bertz CT molecular complexity index is 655. The number of hydrogen-bond donors (Lipinski definition) is 3. The number of likely N-dealkylation sites (tertiary alicyclic amines) is 1. The molecule has 2 amide bonds. The number of hydrogen-bond acceptors (Lipinski definition) is 4. The van der Waals surface area contributed by atoms with Crippen LogP contribution in [0.25, 0.3) is 0 Å². The molecule has 142 valence electrons. The number of rotatable bonds is 5. The summed E-state index contributed by atoms with van der Waals surface area (Å²) in [6, 6.07) is 4.32. The van der Waals surface area contributed by atoms with Gasteiger partial charge in [0.05, 0.1) is 5.92 Å². The van der Waals surface area contributed by atoms with E-state index >= 15 is 0 Å². The Kier molecular flexibility index (Phi) is 6.01. The van der Waals surface area contributed by atoms with E-state index in [0.29, 0.717) is 30.9 Å². The van der Waals surface area contributed by atoms with Crippen LogP contribution >= 0.6 is 0 Å². The first-order valence-electron chi connectivity index (χ1n) is 9.59. The molecular formula is C20H28N2O4. The zero-order valence-electron chi connectivity index (χ0n) is 15.1. The first-order chi connectivity index (χ1) is 12.5. The third-order valence-corrected chi connectivity index (χ3v) is 5.60. The molecule has 1 aromatic carbocycles.